The minimum atomic E-state index is 0.809. The Balaban J connectivity index is 2.34. The highest BCUT2D eigenvalue weighted by atomic mass is 14.9. The molecule has 0 heterocycles. The van der Waals surface area contributed by atoms with Crippen molar-refractivity contribution in [2.45, 2.75) is 33.1 Å². The fourth-order valence-corrected chi connectivity index (χ4v) is 1.61. The molecule has 2 heteroatoms. The molecule has 84 valence electrons. The van der Waals surface area contributed by atoms with E-state index in [0.29, 0.717) is 0 Å². The largest absolute Gasteiger partial charge is 0.385 e. The van der Waals surface area contributed by atoms with Gasteiger partial charge in [-0.3, -0.25) is 0 Å². The Labute approximate surface area is 92.9 Å². The van der Waals surface area contributed by atoms with Crippen LogP contribution in [0.15, 0.2) is 18.2 Å². The molecule has 0 aliphatic rings. The lowest BCUT2D eigenvalue weighted by Crippen LogP contribution is -2.05. The summed E-state index contributed by atoms with van der Waals surface area (Å²) in [4.78, 5) is 0. The van der Waals surface area contributed by atoms with Crippen LogP contribution in [0.1, 0.15) is 30.4 Å². The average Bonchev–Trinajstić information content (AvgIpc) is 2.24. The topological polar surface area (TPSA) is 38.0 Å². The Morgan fingerprint density at radius 1 is 1.13 bits per heavy atom. The number of rotatable bonds is 6. The van der Waals surface area contributed by atoms with E-state index in [1.165, 1.54) is 29.7 Å². The Kier molecular flexibility index (Phi) is 5.19. The number of anilines is 1. The third-order valence-electron chi connectivity index (χ3n) is 2.80. The van der Waals surface area contributed by atoms with E-state index in [2.05, 4.69) is 37.4 Å². The van der Waals surface area contributed by atoms with E-state index in [9.17, 15) is 0 Å². The second-order valence-corrected chi connectivity index (χ2v) is 4.02. The molecular formula is C13H22N2. The predicted octanol–water partition coefficient (Wildman–Crippen LogP) is 2.84. The summed E-state index contributed by atoms with van der Waals surface area (Å²) < 4.78 is 0. The van der Waals surface area contributed by atoms with Crippen molar-refractivity contribution in [2.24, 2.45) is 5.73 Å². The van der Waals surface area contributed by atoms with Crippen molar-refractivity contribution in [1.29, 1.82) is 0 Å². The maximum atomic E-state index is 5.45. The minimum Gasteiger partial charge on any atom is -0.385 e. The van der Waals surface area contributed by atoms with Gasteiger partial charge in [-0.15, -0.1) is 0 Å². The molecular weight excluding hydrogens is 184 g/mol. The van der Waals surface area contributed by atoms with Crippen molar-refractivity contribution in [3.8, 4) is 0 Å². The van der Waals surface area contributed by atoms with Gasteiger partial charge in [0.25, 0.3) is 0 Å². The van der Waals surface area contributed by atoms with Crippen LogP contribution in [-0.4, -0.2) is 13.1 Å². The van der Waals surface area contributed by atoms with Crippen LogP contribution in [0.5, 0.6) is 0 Å². The SMILES string of the molecule is Cc1cccc(NCCCCCN)c1C. The van der Waals surface area contributed by atoms with Gasteiger partial charge in [0.05, 0.1) is 0 Å². The lowest BCUT2D eigenvalue weighted by molar-refractivity contribution is 0.707. The van der Waals surface area contributed by atoms with Gasteiger partial charge in [0, 0.05) is 12.2 Å². The fraction of sp³-hybridized carbons (Fsp3) is 0.538. The molecule has 15 heavy (non-hydrogen) atoms. The van der Waals surface area contributed by atoms with Crippen LogP contribution in [0.4, 0.5) is 5.69 Å². The smallest absolute Gasteiger partial charge is 0.0372 e. The average molecular weight is 206 g/mol. The maximum Gasteiger partial charge on any atom is 0.0372 e. The zero-order chi connectivity index (χ0) is 11.1. The van der Waals surface area contributed by atoms with Crippen molar-refractivity contribution in [2.75, 3.05) is 18.4 Å². The predicted molar refractivity (Wildman–Crippen MR) is 67.3 cm³/mol. The third kappa shape index (κ3) is 3.92. The van der Waals surface area contributed by atoms with E-state index in [0.717, 1.165) is 19.5 Å². The molecule has 0 radical (unpaired) electrons. The summed E-state index contributed by atoms with van der Waals surface area (Å²) in [5.74, 6) is 0. The fourth-order valence-electron chi connectivity index (χ4n) is 1.61. The van der Waals surface area contributed by atoms with Gasteiger partial charge in [-0.05, 0) is 50.4 Å². The first-order valence-corrected chi connectivity index (χ1v) is 5.76. The number of aryl methyl sites for hydroxylation is 1. The highest BCUT2D eigenvalue weighted by Gasteiger charge is 1.98. The normalized spacial score (nSPS) is 10.3. The van der Waals surface area contributed by atoms with Gasteiger partial charge in [0.15, 0.2) is 0 Å². The van der Waals surface area contributed by atoms with Crippen LogP contribution in [0.2, 0.25) is 0 Å². The van der Waals surface area contributed by atoms with Crippen molar-refractivity contribution in [1.82, 2.24) is 0 Å². The number of nitrogens with two attached hydrogens (primary N) is 1. The molecule has 0 aliphatic carbocycles. The van der Waals surface area contributed by atoms with Gasteiger partial charge in [-0.2, -0.15) is 0 Å². The van der Waals surface area contributed by atoms with E-state index in [1.807, 2.05) is 0 Å². The summed E-state index contributed by atoms with van der Waals surface area (Å²) in [5.41, 5.74) is 9.42. The summed E-state index contributed by atoms with van der Waals surface area (Å²) in [6.07, 6.45) is 3.55. The Bertz CT molecular complexity index is 295. The van der Waals surface area contributed by atoms with Gasteiger partial charge in [0.2, 0.25) is 0 Å². The van der Waals surface area contributed by atoms with E-state index >= 15 is 0 Å². The molecule has 0 saturated carbocycles. The Morgan fingerprint density at radius 2 is 1.93 bits per heavy atom. The summed E-state index contributed by atoms with van der Waals surface area (Å²) in [6.45, 7) is 6.17. The summed E-state index contributed by atoms with van der Waals surface area (Å²) in [7, 11) is 0. The number of unbranched alkanes of at least 4 members (excludes halogenated alkanes) is 2. The molecule has 1 rings (SSSR count). The molecule has 0 amide bonds. The molecule has 0 aliphatic heterocycles. The van der Waals surface area contributed by atoms with E-state index in [-0.39, 0.29) is 0 Å². The highest BCUT2D eigenvalue weighted by molar-refractivity contribution is 5.53. The quantitative estimate of drug-likeness (QED) is 0.702. The second-order valence-electron chi connectivity index (χ2n) is 4.02. The molecule has 0 unspecified atom stereocenters. The molecule has 0 atom stereocenters. The molecule has 0 bridgehead atoms. The zero-order valence-electron chi connectivity index (χ0n) is 9.84. The van der Waals surface area contributed by atoms with Gasteiger partial charge in [0.1, 0.15) is 0 Å². The van der Waals surface area contributed by atoms with Crippen LogP contribution in [0.3, 0.4) is 0 Å². The number of hydrogen-bond acceptors (Lipinski definition) is 2. The number of hydrogen-bond donors (Lipinski definition) is 2. The first kappa shape index (κ1) is 12.1. The number of nitrogens with one attached hydrogen (secondary N) is 1. The van der Waals surface area contributed by atoms with Crippen LogP contribution in [-0.2, 0) is 0 Å². The van der Waals surface area contributed by atoms with Gasteiger partial charge >= 0.3 is 0 Å². The van der Waals surface area contributed by atoms with Crippen LogP contribution in [0, 0.1) is 13.8 Å². The molecule has 1 aromatic carbocycles. The zero-order valence-corrected chi connectivity index (χ0v) is 9.84. The van der Waals surface area contributed by atoms with Crippen molar-refractivity contribution < 1.29 is 0 Å². The van der Waals surface area contributed by atoms with Gasteiger partial charge in [-0.25, -0.2) is 0 Å². The first-order chi connectivity index (χ1) is 7.25. The molecule has 1 aromatic rings. The van der Waals surface area contributed by atoms with Gasteiger partial charge in [-0.1, -0.05) is 18.6 Å². The Hall–Kier alpha value is -1.02. The van der Waals surface area contributed by atoms with Crippen molar-refractivity contribution in [3.05, 3.63) is 29.3 Å². The molecule has 3 N–H and O–H groups in total. The third-order valence-corrected chi connectivity index (χ3v) is 2.80. The second kappa shape index (κ2) is 6.46. The molecule has 2 nitrogen and oxygen atoms in total. The highest BCUT2D eigenvalue weighted by Crippen LogP contribution is 2.17. The standard InChI is InChI=1S/C13H22N2/c1-11-7-6-8-13(12(11)2)15-10-5-3-4-9-14/h6-8,15H,3-5,9-10,14H2,1-2H3. The molecule has 0 fully saturated rings. The molecule has 0 spiro atoms. The first-order valence-electron chi connectivity index (χ1n) is 5.76. The van der Waals surface area contributed by atoms with Gasteiger partial charge < -0.3 is 11.1 Å². The van der Waals surface area contributed by atoms with Crippen molar-refractivity contribution >= 4 is 5.69 Å². The Morgan fingerprint density at radius 3 is 2.67 bits per heavy atom. The van der Waals surface area contributed by atoms with Crippen LogP contribution >= 0.6 is 0 Å². The minimum absolute atomic E-state index is 0.809. The maximum absolute atomic E-state index is 5.45. The van der Waals surface area contributed by atoms with E-state index in [4.69, 9.17) is 5.73 Å². The van der Waals surface area contributed by atoms with Crippen molar-refractivity contribution in [3.63, 3.8) is 0 Å². The lowest BCUT2D eigenvalue weighted by atomic mass is 10.1. The summed E-state index contributed by atoms with van der Waals surface area (Å²) >= 11 is 0. The molecule has 0 saturated heterocycles. The van der Waals surface area contributed by atoms with E-state index < -0.39 is 0 Å². The monoisotopic (exact) mass is 206 g/mol. The number of benzene rings is 1. The summed E-state index contributed by atoms with van der Waals surface area (Å²) in [5, 5.41) is 3.47. The van der Waals surface area contributed by atoms with Crippen LogP contribution in [0.25, 0.3) is 0 Å². The summed E-state index contributed by atoms with van der Waals surface area (Å²) in [6, 6.07) is 6.39. The lowest BCUT2D eigenvalue weighted by Gasteiger charge is -2.11. The van der Waals surface area contributed by atoms with E-state index in [1.54, 1.807) is 0 Å². The molecule has 0 aromatic heterocycles. The van der Waals surface area contributed by atoms with Crippen LogP contribution < -0.4 is 11.1 Å².